The van der Waals surface area contributed by atoms with Gasteiger partial charge in [0.2, 0.25) is 0 Å². The van der Waals surface area contributed by atoms with Gasteiger partial charge in [-0.15, -0.1) is 24.0 Å². The molecule has 6 nitrogen and oxygen atoms in total. The maximum Gasteiger partial charge on any atom is 0.193 e. The van der Waals surface area contributed by atoms with Crippen molar-refractivity contribution in [3.8, 4) is 5.75 Å². The molecule has 1 aliphatic rings. The van der Waals surface area contributed by atoms with Crippen molar-refractivity contribution >= 4 is 39.8 Å². The van der Waals surface area contributed by atoms with Gasteiger partial charge in [-0.05, 0) is 37.5 Å². The van der Waals surface area contributed by atoms with Gasteiger partial charge in [-0.1, -0.05) is 26.0 Å². The Balaban J connectivity index is 0.00000364. The van der Waals surface area contributed by atoms with Crippen molar-refractivity contribution < 1.29 is 13.2 Å². The van der Waals surface area contributed by atoms with Gasteiger partial charge < -0.3 is 15.0 Å². The summed E-state index contributed by atoms with van der Waals surface area (Å²) < 4.78 is 29.3. The smallest absolute Gasteiger partial charge is 0.193 e. The standard InChI is InChI=1S/C19H31N3O3S.HI/c1-15(2)16-6-8-17(9-7-16)25-12-10-21-18(20-5)22-11-13-26(23,24)19(3,4)14-22;/h6-9,15H,10-14H2,1-5H3,(H,20,21);1H. The molecule has 2 rings (SSSR count). The van der Waals surface area contributed by atoms with Gasteiger partial charge in [0.1, 0.15) is 12.4 Å². The molecule has 154 valence electrons. The van der Waals surface area contributed by atoms with E-state index in [9.17, 15) is 8.42 Å². The fourth-order valence-corrected chi connectivity index (χ4v) is 4.30. The number of benzene rings is 1. The molecule has 8 heteroatoms. The van der Waals surface area contributed by atoms with E-state index in [2.05, 4.69) is 36.3 Å². The number of nitrogens with one attached hydrogen (secondary N) is 1. The predicted octanol–water partition coefficient (Wildman–Crippen LogP) is 2.89. The van der Waals surface area contributed by atoms with E-state index in [0.29, 0.717) is 38.1 Å². The lowest BCUT2D eigenvalue weighted by Crippen LogP contribution is -2.57. The van der Waals surface area contributed by atoms with Crippen LogP contribution in [0.5, 0.6) is 5.75 Å². The van der Waals surface area contributed by atoms with Gasteiger partial charge in [0.25, 0.3) is 0 Å². The lowest BCUT2D eigenvalue weighted by Gasteiger charge is -2.39. The van der Waals surface area contributed by atoms with Crippen molar-refractivity contribution in [1.29, 1.82) is 0 Å². The van der Waals surface area contributed by atoms with E-state index in [1.807, 2.05) is 17.0 Å². The molecule has 1 N–H and O–H groups in total. The van der Waals surface area contributed by atoms with Gasteiger partial charge in [0, 0.05) is 20.1 Å². The quantitative estimate of drug-likeness (QED) is 0.286. The highest BCUT2D eigenvalue weighted by Gasteiger charge is 2.40. The van der Waals surface area contributed by atoms with E-state index in [-0.39, 0.29) is 29.7 Å². The molecule has 1 aliphatic heterocycles. The fourth-order valence-electron chi connectivity index (χ4n) is 2.94. The molecule has 0 amide bonds. The normalized spacial score (nSPS) is 18.7. The Bertz CT molecular complexity index is 731. The highest BCUT2D eigenvalue weighted by molar-refractivity contribution is 14.0. The van der Waals surface area contributed by atoms with Crippen molar-refractivity contribution in [2.45, 2.75) is 38.4 Å². The van der Waals surface area contributed by atoms with Crippen molar-refractivity contribution in [2.75, 3.05) is 39.0 Å². The average molecular weight is 509 g/mol. The minimum atomic E-state index is -3.06. The molecule has 1 aromatic carbocycles. The van der Waals surface area contributed by atoms with E-state index in [1.165, 1.54) is 5.56 Å². The number of hydrogen-bond acceptors (Lipinski definition) is 4. The maximum absolute atomic E-state index is 12.1. The van der Waals surface area contributed by atoms with Crippen LogP contribution < -0.4 is 10.1 Å². The number of aliphatic imine (C=N–C) groups is 1. The van der Waals surface area contributed by atoms with Crippen LogP contribution in [0.2, 0.25) is 0 Å². The average Bonchev–Trinajstić information content (AvgIpc) is 2.58. The van der Waals surface area contributed by atoms with E-state index in [0.717, 1.165) is 5.75 Å². The van der Waals surface area contributed by atoms with E-state index in [1.54, 1.807) is 20.9 Å². The Kier molecular flexibility index (Phi) is 8.85. The molecule has 0 aliphatic carbocycles. The predicted molar refractivity (Wildman–Crippen MR) is 122 cm³/mol. The van der Waals surface area contributed by atoms with Crippen LogP contribution in [-0.2, 0) is 9.84 Å². The first-order valence-electron chi connectivity index (χ1n) is 9.07. The summed E-state index contributed by atoms with van der Waals surface area (Å²) in [6.45, 7) is 9.88. The second kappa shape index (κ2) is 9.95. The summed E-state index contributed by atoms with van der Waals surface area (Å²) >= 11 is 0. The largest absolute Gasteiger partial charge is 0.492 e. The second-order valence-corrected chi connectivity index (χ2v) is 10.3. The Morgan fingerprint density at radius 2 is 1.93 bits per heavy atom. The van der Waals surface area contributed by atoms with Crippen LogP contribution in [0.4, 0.5) is 0 Å². The minimum absolute atomic E-state index is 0. The number of halogens is 1. The first-order chi connectivity index (χ1) is 12.2. The van der Waals surface area contributed by atoms with Gasteiger partial charge in [0.05, 0.1) is 17.0 Å². The van der Waals surface area contributed by atoms with E-state index >= 15 is 0 Å². The Morgan fingerprint density at radius 1 is 1.30 bits per heavy atom. The van der Waals surface area contributed by atoms with Crippen LogP contribution in [0, 0.1) is 0 Å². The lowest BCUT2D eigenvalue weighted by atomic mass is 10.0. The van der Waals surface area contributed by atoms with Gasteiger partial charge in [-0.3, -0.25) is 4.99 Å². The van der Waals surface area contributed by atoms with Gasteiger partial charge in [-0.25, -0.2) is 8.42 Å². The molecule has 0 spiro atoms. The number of rotatable bonds is 5. The summed E-state index contributed by atoms with van der Waals surface area (Å²) in [4.78, 5) is 6.28. The molecular weight excluding hydrogens is 477 g/mol. The maximum atomic E-state index is 12.1. The van der Waals surface area contributed by atoms with E-state index in [4.69, 9.17) is 4.74 Å². The molecule has 0 saturated carbocycles. The third-order valence-electron chi connectivity index (χ3n) is 4.76. The molecule has 1 saturated heterocycles. The Hall–Kier alpha value is -1.03. The molecule has 0 unspecified atom stereocenters. The molecular formula is C19H32IN3O3S. The molecule has 1 aromatic rings. The lowest BCUT2D eigenvalue weighted by molar-refractivity contribution is 0.313. The molecule has 0 bridgehead atoms. The van der Waals surface area contributed by atoms with Crippen molar-refractivity contribution in [1.82, 2.24) is 10.2 Å². The summed E-state index contributed by atoms with van der Waals surface area (Å²) in [7, 11) is -1.34. The number of sulfone groups is 1. The fraction of sp³-hybridized carbons (Fsp3) is 0.632. The van der Waals surface area contributed by atoms with Crippen LogP contribution in [-0.4, -0.2) is 63.1 Å². The number of ether oxygens (including phenoxy) is 1. The summed E-state index contributed by atoms with van der Waals surface area (Å²) in [5.41, 5.74) is 1.29. The Morgan fingerprint density at radius 3 is 2.44 bits per heavy atom. The molecule has 0 radical (unpaired) electrons. The minimum Gasteiger partial charge on any atom is -0.492 e. The van der Waals surface area contributed by atoms with Crippen molar-refractivity contribution in [2.24, 2.45) is 4.99 Å². The van der Waals surface area contributed by atoms with Crippen LogP contribution in [0.3, 0.4) is 0 Å². The number of guanidine groups is 1. The van der Waals surface area contributed by atoms with Gasteiger partial charge in [-0.2, -0.15) is 0 Å². The molecule has 0 atom stereocenters. The summed E-state index contributed by atoms with van der Waals surface area (Å²) in [6, 6.07) is 8.15. The third-order valence-corrected chi connectivity index (χ3v) is 7.29. The van der Waals surface area contributed by atoms with Crippen LogP contribution >= 0.6 is 24.0 Å². The molecule has 27 heavy (non-hydrogen) atoms. The third kappa shape index (κ3) is 6.23. The second-order valence-electron chi connectivity index (χ2n) is 7.55. The zero-order valence-electron chi connectivity index (χ0n) is 16.9. The topological polar surface area (TPSA) is 71.0 Å². The number of nitrogens with zero attached hydrogens (tertiary/aromatic N) is 2. The monoisotopic (exact) mass is 509 g/mol. The zero-order valence-corrected chi connectivity index (χ0v) is 20.0. The first-order valence-corrected chi connectivity index (χ1v) is 10.7. The molecule has 1 heterocycles. The molecule has 1 fully saturated rings. The Labute approximate surface area is 180 Å². The SMILES string of the molecule is CN=C(NCCOc1ccc(C(C)C)cc1)N1CCS(=O)(=O)C(C)(C)C1.I. The zero-order chi connectivity index (χ0) is 19.4. The van der Waals surface area contributed by atoms with Crippen molar-refractivity contribution in [3.05, 3.63) is 29.8 Å². The van der Waals surface area contributed by atoms with E-state index < -0.39 is 14.6 Å². The van der Waals surface area contributed by atoms with Crippen LogP contribution in [0.15, 0.2) is 29.3 Å². The first kappa shape index (κ1) is 24.0. The van der Waals surface area contributed by atoms with Crippen LogP contribution in [0.1, 0.15) is 39.2 Å². The summed E-state index contributed by atoms with van der Waals surface area (Å²) in [5.74, 6) is 2.22. The summed E-state index contributed by atoms with van der Waals surface area (Å²) in [5, 5.41) is 3.26. The van der Waals surface area contributed by atoms with Gasteiger partial charge >= 0.3 is 0 Å². The van der Waals surface area contributed by atoms with Crippen molar-refractivity contribution in [3.63, 3.8) is 0 Å². The van der Waals surface area contributed by atoms with Crippen LogP contribution in [0.25, 0.3) is 0 Å². The number of hydrogen-bond donors (Lipinski definition) is 1. The molecule has 0 aromatic heterocycles. The highest BCUT2D eigenvalue weighted by atomic mass is 127. The highest BCUT2D eigenvalue weighted by Crippen LogP contribution is 2.23. The summed E-state index contributed by atoms with van der Waals surface area (Å²) in [6.07, 6.45) is 0. The van der Waals surface area contributed by atoms with Gasteiger partial charge in [0.15, 0.2) is 15.8 Å².